The molecule has 9 heteroatoms. The maximum atomic E-state index is 14.0. The summed E-state index contributed by atoms with van der Waals surface area (Å²) in [4.78, 5) is 15.9. The Morgan fingerprint density at radius 1 is 0.875 bits per heavy atom. The molecule has 204 valence electrons. The van der Waals surface area contributed by atoms with Crippen molar-refractivity contribution in [2.45, 2.75) is 31.1 Å². The van der Waals surface area contributed by atoms with Crippen LogP contribution in [0.2, 0.25) is 0 Å². The number of anilines is 2. The first-order chi connectivity index (χ1) is 19.0. The molecule has 0 fully saturated rings. The number of H-pyrrole nitrogens is 1. The molecular weight excluding hydrogens is 529 g/mol. The molecule has 3 N–H and O–H groups in total. The smallest absolute Gasteiger partial charge is 0.392 e. The molecule has 7 nitrogen and oxygen atoms in total. The number of fused-ring (bicyclic) bond motifs is 1. The largest absolute Gasteiger partial charge is 0.418 e. The third-order valence-electron chi connectivity index (χ3n) is 6.41. The highest BCUT2D eigenvalue weighted by atomic mass is 32.2. The molecule has 0 saturated carbocycles. The molecule has 0 saturated heterocycles. The summed E-state index contributed by atoms with van der Waals surface area (Å²) in [5.41, 5.74) is 3.15. The van der Waals surface area contributed by atoms with Crippen molar-refractivity contribution in [3.8, 4) is 17.0 Å². The predicted octanol–water partition coefficient (Wildman–Crippen LogP) is 7.68. The molecule has 0 aliphatic carbocycles. The Balaban J connectivity index is 1.48. The van der Waals surface area contributed by atoms with Crippen molar-refractivity contribution in [2.24, 2.45) is 0 Å². The maximum absolute atomic E-state index is 14.0. The highest BCUT2D eigenvalue weighted by Gasteiger charge is 2.21. The number of carbonyl (C=O) groups is 1. The van der Waals surface area contributed by atoms with E-state index in [1.54, 1.807) is 36.4 Å². The zero-order valence-electron chi connectivity index (χ0n) is 22.2. The van der Waals surface area contributed by atoms with E-state index >= 15 is 0 Å². The second kappa shape index (κ2) is 10.5. The fourth-order valence-corrected chi connectivity index (χ4v) is 5.39. The third kappa shape index (κ3) is 5.69. The van der Waals surface area contributed by atoms with Gasteiger partial charge < -0.3 is 9.72 Å². The molecule has 0 aliphatic rings. The molecule has 0 aliphatic heterocycles. The van der Waals surface area contributed by atoms with Crippen LogP contribution in [0.5, 0.6) is 5.88 Å². The molecule has 40 heavy (non-hydrogen) atoms. The van der Waals surface area contributed by atoms with Gasteiger partial charge in [0.25, 0.3) is 10.0 Å². The van der Waals surface area contributed by atoms with Crippen LogP contribution in [0.4, 0.5) is 20.6 Å². The topological polar surface area (TPSA) is 100 Å². The van der Waals surface area contributed by atoms with Gasteiger partial charge in [0, 0.05) is 16.6 Å². The summed E-state index contributed by atoms with van der Waals surface area (Å²) in [6, 6.07) is 26.8. The number of amides is 1. The lowest BCUT2D eigenvalue weighted by Gasteiger charge is -2.19. The van der Waals surface area contributed by atoms with Crippen LogP contribution in [0.25, 0.3) is 22.0 Å². The van der Waals surface area contributed by atoms with E-state index < -0.39 is 21.9 Å². The third-order valence-corrected chi connectivity index (χ3v) is 7.81. The number of hydrogen-bond acceptors (Lipinski definition) is 4. The Hall–Kier alpha value is -4.63. The average Bonchev–Trinajstić information content (AvgIpc) is 3.26. The van der Waals surface area contributed by atoms with Crippen LogP contribution in [-0.2, 0) is 15.4 Å². The van der Waals surface area contributed by atoms with Crippen LogP contribution >= 0.6 is 0 Å². The Labute approximate surface area is 232 Å². The minimum Gasteiger partial charge on any atom is -0.392 e. The van der Waals surface area contributed by atoms with Crippen LogP contribution < -0.4 is 14.8 Å². The monoisotopic (exact) mass is 557 g/mol. The predicted molar refractivity (Wildman–Crippen MR) is 156 cm³/mol. The summed E-state index contributed by atoms with van der Waals surface area (Å²) in [6.07, 6.45) is -0.881. The van der Waals surface area contributed by atoms with Crippen LogP contribution in [-0.4, -0.2) is 19.5 Å². The van der Waals surface area contributed by atoms with Gasteiger partial charge in [-0.3, -0.25) is 10.0 Å². The summed E-state index contributed by atoms with van der Waals surface area (Å²) in [6.45, 7) is 6.19. The first kappa shape index (κ1) is 27.0. The standard InChI is InChI=1S/C31H28FN3O4S/c1-31(2,3)21-13-16-23(17-14-21)40(37,38)35-22-15-18-26-24(19-22)28(20-9-5-4-6-10-20)29(33-26)39-30(36)34-27-12-8-7-11-25(27)32/h4-19,33,35H,1-3H3,(H,34,36). The highest BCUT2D eigenvalue weighted by Crippen LogP contribution is 2.39. The van der Waals surface area contributed by atoms with E-state index in [4.69, 9.17) is 4.74 Å². The lowest BCUT2D eigenvalue weighted by atomic mass is 9.87. The molecule has 1 aromatic heterocycles. The second-order valence-corrected chi connectivity index (χ2v) is 12.0. The molecule has 0 bridgehead atoms. The summed E-state index contributed by atoms with van der Waals surface area (Å²) >= 11 is 0. The number of rotatable bonds is 6. The van der Waals surface area contributed by atoms with E-state index in [0.29, 0.717) is 22.2 Å². The van der Waals surface area contributed by atoms with Gasteiger partial charge in [-0.2, -0.15) is 0 Å². The highest BCUT2D eigenvalue weighted by molar-refractivity contribution is 7.92. The van der Waals surface area contributed by atoms with Gasteiger partial charge >= 0.3 is 6.09 Å². The molecule has 1 heterocycles. The SMILES string of the molecule is CC(C)(C)c1ccc(S(=O)(=O)Nc2ccc3[nH]c(OC(=O)Nc4ccccc4F)c(-c4ccccc4)c3c2)cc1. The van der Waals surface area contributed by atoms with E-state index in [2.05, 4.69) is 35.8 Å². The van der Waals surface area contributed by atoms with Crippen molar-refractivity contribution in [1.82, 2.24) is 4.98 Å². The van der Waals surface area contributed by atoms with Gasteiger partial charge in [-0.1, -0.05) is 75.4 Å². The Morgan fingerprint density at radius 3 is 2.23 bits per heavy atom. The number of carbonyl (C=O) groups excluding carboxylic acids is 1. The normalized spacial score (nSPS) is 11.8. The van der Waals surface area contributed by atoms with Crippen LogP contribution in [0.3, 0.4) is 0 Å². The maximum Gasteiger partial charge on any atom is 0.418 e. The minimum atomic E-state index is -3.86. The number of para-hydroxylation sites is 1. The molecular formula is C31H28FN3O4S. The van der Waals surface area contributed by atoms with Crippen LogP contribution in [0, 0.1) is 5.82 Å². The van der Waals surface area contributed by atoms with Crippen LogP contribution in [0.15, 0.2) is 102 Å². The summed E-state index contributed by atoms with van der Waals surface area (Å²) in [5, 5.41) is 3.04. The van der Waals surface area contributed by atoms with E-state index in [1.807, 2.05) is 42.5 Å². The van der Waals surface area contributed by atoms with Gasteiger partial charge in [-0.15, -0.1) is 0 Å². The quantitative estimate of drug-likeness (QED) is 0.199. The molecule has 5 rings (SSSR count). The molecule has 0 radical (unpaired) electrons. The summed E-state index contributed by atoms with van der Waals surface area (Å²) in [5.74, 6) is -0.461. The fraction of sp³-hybridized carbons (Fsp3) is 0.129. The molecule has 0 spiro atoms. The first-order valence-corrected chi connectivity index (χ1v) is 14.1. The number of benzene rings is 4. The van der Waals surface area contributed by atoms with Gasteiger partial charge in [0.1, 0.15) is 5.82 Å². The molecule has 1 amide bonds. The summed E-state index contributed by atoms with van der Waals surface area (Å²) < 4.78 is 48.6. The average molecular weight is 558 g/mol. The van der Waals surface area contributed by atoms with Gasteiger partial charge in [-0.25, -0.2) is 17.6 Å². The fourth-order valence-electron chi connectivity index (χ4n) is 4.34. The van der Waals surface area contributed by atoms with Crippen LogP contribution in [0.1, 0.15) is 26.3 Å². The number of halogens is 1. The van der Waals surface area contributed by atoms with Crippen molar-refractivity contribution in [3.05, 3.63) is 108 Å². The number of ether oxygens (including phenoxy) is 1. The van der Waals surface area contributed by atoms with Gasteiger partial charge in [0.05, 0.1) is 16.1 Å². The van der Waals surface area contributed by atoms with E-state index in [0.717, 1.165) is 11.1 Å². The Bertz CT molecular complexity index is 1790. The lowest BCUT2D eigenvalue weighted by Crippen LogP contribution is -2.18. The first-order valence-electron chi connectivity index (χ1n) is 12.6. The Morgan fingerprint density at radius 2 is 1.55 bits per heavy atom. The van der Waals surface area contributed by atoms with E-state index in [9.17, 15) is 17.6 Å². The number of aromatic amines is 1. The molecule has 4 aromatic carbocycles. The van der Waals surface area contributed by atoms with Crippen molar-refractivity contribution in [1.29, 1.82) is 0 Å². The molecule has 0 unspecified atom stereocenters. The van der Waals surface area contributed by atoms with Crippen molar-refractivity contribution >= 4 is 38.4 Å². The molecule has 5 aromatic rings. The number of nitrogens with one attached hydrogen (secondary N) is 3. The van der Waals surface area contributed by atoms with Crippen molar-refractivity contribution < 1.29 is 22.3 Å². The Kier molecular flexibility index (Phi) is 7.08. The van der Waals surface area contributed by atoms with Gasteiger partial charge in [0.15, 0.2) is 0 Å². The van der Waals surface area contributed by atoms with Gasteiger partial charge in [-0.05, 0) is 59.0 Å². The van der Waals surface area contributed by atoms with E-state index in [1.165, 1.54) is 18.2 Å². The zero-order chi connectivity index (χ0) is 28.5. The molecule has 0 atom stereocenters. The summed E-state index contributed by atoms with van der Waals surface area (Å²) in [7, 11) is -3.86. The van der Waals surface area contributed by atoms with Crippen molar-refractivity contribution in [3.63, 3.8) is 0 Å². The van der Waals surface area contributed by atoms with Crippen molar-refractivity contribution in [2.75, 3.05) is 10.0 Å². The minimum absolute atomic E-state index is 0.0166. The number of sulfonamides is 1. The van der Waals surface area contributed by atoms with E-state index in [-0.39, 0.29) is 21.9 Å². The zero-order valence-corrected chi connectivity index (χ0v) is 23.0. The number of aromatic nitrogens is 1. The lowest BCUT2D eigenvalue weighted by molar-refractivity contribution is 0.214. The van der Waals surface area contributed by atoms with Gasteiger partial charge in [0.2, 0.25) is 5.88 Å². The second-order valence-electron chi connectivity index (χ2n) is 10.3. The number of hydrogen-bond donors (Lipinski definition) is 3.